The maximum Gasteiger partial charge on any atom is 0.220 e. The molecule has 0 aliphatic carbocycles. The van der Waals surface area contributed by atoms with Crippen LogP contribution in [0.1, 0.15) is 10.4 Å². The standard InChI is InChI=1S/C7H6O2S.CH6N4S.CH5N3S.CH4N2S/c8-6-4-2-1-3-5(6)7(9)10;2-4-1(6)5-3;2-1(5)4-3;2-1(3)4/h1-4,8H,(H,9,10);2-3H2,(H2,4,5,6);3H2,(H3,2,4,5);(H4,2,3,4). The molecule has 0 saturated heterocycles. The largest absolute Gasteiger partial charge is 0.507 e. The number of phenols is 1. The normalized spacial score (nSPS) is 7.68. The summed E-state index contributed by atoms with van der Waals surface area (Å²) in [6.45, 7) is 0. The number of para-hydroxylation sites is 1. The Morgan fingerprint density at radius 1 is 0.960 bits per heavy atom. The van der Waals surface area contributed by atoms with Crippen molar-refractivity contribution in [3.05, 3.63) is 29.8 Å². The van der Waals surface area contributed by atoms with Gasteiger partial charge in [-0.1, -0.05) is 12.1 Å². The van der Waals surface area contributed by atoms with E-state index in [0.717, 1.165) is 0 Å². The van der Waals surface area contributed by atoms with Gasteiger partial charge in [0, 0.05) is 0 Å². The number of nitrogens with two attached hydrogens (primary N) is 6. The van der Waals surface area contributed by atoms with E-state index in [2.05, 4.69) is 77.4 Å². The summed E-state index contributed by atoms with van der Waals surface area (Å²) in [6.07, 6.45) is 0. The average Bonchev–Trinajstić information content (AvgIpc) is 2.54. The van der Waals surface area contributed by atoms with Crippen LogP contribution in [0.15, 0.2) is 24.3 Å². The molecule has 0 spiro atoms. The average molecular weight is 428 g/mol. The molecule has 0 bridgehead atoms. The third-order valence-electron chi connectivity index (χ3n) is 1.54. The predicted octanol–water partition coefficient (Wildman–Crippen LogP) is -2.46. The molecule has 0 amide bonds. The van der Waals surface area contributed by atoms with Gasteiger partial charge in [0.05, 0.1) is 5.56 Å². The number of carbonyl (C=O) groups excluding carboxylic acids is 1. The molecule has 1 rings (SSSR count). The van der Waals surface area contributed by atoms with E-state index in [0.29, 0.717) is 0 Å². The fourth-order valence-corrected chi connectivity index (χ4v) is 0.885. The molecule has 0 fully saturated rings. The van der Waals surface area contributed by atoms with Crippen molar-refractivity contribution in [2.45, 2.75) is 0 Å². The van der Waals surface area contributed by atoms with Gasteiger partial charge in [-0.3, -0.25) is 15.6 Å². The number of thiocarbonyl (C=S) groups is 3. The summed E-state index contributed by atoms with van der Waals surface area (Å²) in [5.41, 5.74) is 20.5. The Labute approximate surface area is 166 Å². The van der Waals surface area contributed by atoms with Crippen molar-refractivity contribution in [3.8, 4) is 5.75 Å². The maximum atomic E-state index is 10.6. The lowest BCUT2D eigenvalue weighted by molar-refractivity contribution is 0.108. The van der Waals surface area contributed by atoms with Crippen molar-refractivity contribution in [2.75, 3.05) is 0 Å². The van der Waals surface area contributed by atoms with E-state index < -0.39 is 5.12 Å². The van der Waals surface area contributed by atoms with Crippen molar-refractivity contribution < 1.29 is 9.90 Å². The van der Waals surface area contributed by atoms with Crippen molar-refractivity contribution in [3.63, 3.8) is 0 Å². The highest BCUT2D eigenvalue weighted by Crippen LogP contribution is 2.16. The van der Waals surface area contributed by atoms with E-state index in [1.54, 1.807) is 12.1 Å². The van der Waals surface area contributed by atoms with Gasteiger partial charge in [0.2, 0.25) is 5.12 Å². The Morgan fingerprint density at radius 3 is 1.48 bits per heavy atom. The Kier molecular flexibility index (Phi) is 20.4. The molecule has 1 aromatic rings. The number of rotatable bonds is 1. The minimum atomic E-state index is -0.418. The number of thiol groups is 1. The molecule has 0 heterocycles. The molecule has 0 saturated carbocycles. The van der Waals surface area contributed by atoms with Gasteiger partial charge < -0.3 is 27.7 Å². The van der Waals surface area contributed by atoms with Gasteiger partial charge in [0.1, 0.15) is 5.75 Å². The van der Waals surface area contributed by atoms with Crippen molar-refractivity contribution in [1.82, 2.24) is 16.3 Å². The Morgan fingerprint density at radius 2 is 1.32 bits per heavy atom. The van der Waals surface area contributed by atoms with Crippen LogP contribution in [0, 0.1) is 0 Å². The molecule has 0 unspecified atom stereocenters. The first-order valence-electron chi connectivity index (χ1n) is 5.82. The summed E-state index contributed by atoms with van der Waals surface area (Å²) in [5.74, 6) is 14.1. The van der Waals surface area contributed by atoms with Gasteiger partial charge in [-0.25, -0.2) is 17.5 Å². The molecular weight excluding hydrogens is 406 g/mol. The number of phenolic OH excluding ortho intramolecular Hbond substituents is 1. The monoisotopic (exact) mass is 427 g/mol. The first kappa shape index (κ1) is 27.8. The van der Waals surface area contributed by atoms with Gasteiger partial charge >= 0.3 is 0 Å². The number of carbonyl (C=O) groups is 1. The summed E-state index contributed by atoms with van der Waals surface area (Å²) in [7, 11) is 0. The zero-order chi connectivity index (χ0) is 20.4. The van der Waals surface area contributed by atoms with Crippen LogP contribution in [0.4, 0.5) is 0 Å². The number of hydrazine groups is 3. The van der Waals surface area contributed by atoms with Crippen LogP contribution in [0.3, 0.4) is 0 Å². The number of hydrogen-bond donors (Lipinski definition) is 11. The highest BCUT2D eigenvalue weighted by atomic mass is 32.1. The van der Waals surface area contributed by atoms with E-state index in [9.17, 15) is 4.79 Å². The van der Waals surface area contributed by atoms with Crippen LogP contribution in [-0.4, -0.2) is 25.6 Å². The summed E-state index contributed by atoms with van der Waals surface area (Å²) in [5, 5.41) is 8.94. The molecular formula is C10H21N9O2S4. The lowest BCUT2D eigenvalue weighted by atomic mass is 10.2. The molecule has 16 N–H and O–H groups in total. The lowest BCUT2D eigenvalue weighted by Crippen LogP contribution is -2.43. The van der Waals surface area contributed by atoms with Crippen LogP contribution in [0.25, 0.3) is 0 Å². The molecule has 15 heteroatoms. The smallest absolute Gasteiger partial charge is 0.220 e. The first-order valence-corrected chi connectivity index (χ1v) is 7.50. The summed E-state index contributed by atoms with van der Waals surface area (Å²) >= 11 is 16.3. The van der Waals surface area contributed by atoms with E-state index in [4.69, 9.17) is 22.5 Å². The van der Waals surface area contributed by atoms with Gasteiger partial charge in [0.25, 0.3) is 0 Å². The van der Waals surface area contributed by atoms with Crippen LogP contribution >= 0.6 is 49.3 Å². The molecule has 0 aliphatic heterocycles. The molecule has 25 heavy (non-hydrogen) atoms. The lowest BCUT2D eigenvalue weighted by Gasteiger charge is -1.95. The third-order valence-corrected chi connectivity index (χ3v) is 2.13. The van der Waals surface area contributed by atoms with E-state index >= 15 is 0 Å². The second-order valence-corrected chi connectivity index (χ2v) is 5.08. The number of hydrogen-bond acceptors (Lipinski definition) is 8. The SMILES string of the molecule is NC(N)=S.NNC(=S)NN.NNC(N)=S.O=C(S)c1ccccc1O. The molecule has 0 aromatic heterocycles. The van der Waals surface area contributed by atoms with Crippen molar-refractivity contribution in [1.29, 1.82) is 0 Å². The van der Waals surface area contributed by atoms with Crippen LogP contribution < -0.4 is 51.0 Å². The molecule has 142 valence electrons. The molecule has 0 atom stereocenters. The summed E-state index contributed by atoms with van der Waals surface area (Å²) in [4.78, 5) is 10.6. The Hall–Kier alpha value is -2.01. The molecule has 0 aliphatic rings. The zero-order valence-electron chi connectivity index (χ0n) is 12.8. The van der Waals surface area contributed by atoms with E-state index in [1.165, 1.54) is 12.1 Å². The van der Waals surface area contributed by atoms with Gasteiger partial charge in [-0.05, 0) is 48.8 Å². The fourth-order valence-electron chi connectivity index (χ4n) is 0.696. The third kappa shape index (κ3) is 24.4. The van der Waals surface area contributed by atoms with Gasteiger partial charge in [-0.15, -0.1) is 12.6 Å². The van der Waals surface area contributed by atoms with Gasteiger partial charge in [-0.2, -0.15) is 0 Å². The summed E-state index contributed by atoms with van der Waals surface area (Å²) < 4.78 is 0. The topological polar surface area (TPSA) is 230 Å². The van der Waals surface area contributed by atoms with Crippen LogP contribution in [0.5, 0.6) is 5.75 Å². The highest BCUT2D eigenvalue weighted by molar-refractivity contribution is 7.97. The van der Waals surface area contributed by atoms with Crippen LogP contribution in [-0.2, 0) is 0 Å². The molecule has 11 nitrogen and oxygen atoms in total. The maximum absolute atomic E-state index is 10.6. The zero-order valence-corrected chi connectivity index (χ0v) is 16.1. The minimum Gasteiger partial charge on any atom is -0.507 e. The fraction of sp³-hybridized carbons (Fsp3) is 0. The quantitative estimate of drug-likeness (QED) is 0.0966. The second-order valence-electron chi connectivity index (χ2n) is 3.35. The summed E-state index contributed by atoms with van der Waals surface area (Å²) in [6, 6.07) is 6.28. The highest BCUT2D eigenvalue weighted by Gasteiger charge is 2.03. The number of aromatic hydroxyl groups is 1. The van der Waals surface area contributed by atoms with E-state index in [1.807, 2.05) is 5.43 Å². The van der Waals surface area contributed by atoms with E-state index in [-0.39, 0.29) is 26.7 Å². The van der Waals surface area contributed by atoms with Crippen LogP contribution in [0.2, 0.25) is 0 Å². The Bertz CT molecular complexity index is 549. The first-order chi connectivity index (χ1) is 11.5. The Balaban J connectivity index is -0.000000280. The molecule has 1 aromatic carbocycles. The number of benzene rings is 1. The van der Waals surface area contributed by atoms with Gasteiger partial charge in [0.15, 0.2) is 15.3 Å². The van der Waals surface area contributed by atoms with Crippen molar-refractivity contribution in [2.24, 2.45) is 34.7 Å². The van der Waals surface area contributed by atoms with Crippen molar-refractivity contribution >= 4 is 69.7 Å². The minimum absolute atomic E-state index is 0.000000000000000222. The predicted molar refractivity (Wildman–Crippen MR) is 114 cm³/mol. The molecule has 0 radical (unpaired) electrons. The second kappa shape index (κ2) is 18.3. The number of nitrogens with one attached hydrogen (secondary N) is 3.